The third kappa shape index (κ3) is 5.89. The number of rotatable bonds is 7. The highest BCUT2D eigenvalue weighted by Gasteiger charge is 2.25. The summed E-state index contributed by atoms with van der Waals surface area (Å²) < 4.78 is 7.41. The summed E-state index contributed by atoms with van der Waals surface area (Å²) >= 11 is 5.81. The van der Waals surface area contributed by atoms with Crippen LogP contribution in [0.15, 0.2) is 70.4 Å². The van der Waals surface area contributed by atoms with Crippen LogP contribution in [0.5, 0.6) is 0 Å². The van der Waals surface area contributed by atoms with E-state index in [-0.39, 0.29) is 16.3 Å². The van der Waals surface area contributed by atoms with Crippen molar-refractivity contribution in [2.45, 2.75) is 6.10 Å². The predicted octanol–water partition coefficient (Wildman–Crippen LogP) is 2.58. The smallest absolute Gasteiger partial charge is 0.331 e. The minimum atomic E-state index is -1.41. The average Bonchev–Trinajstić information content (AvgIpc) is 2.84. The van der Waals surface area contributed by atoms with E-state index in [0.29, 0.717) is 5.56 Å². The Labute approximate surface area is 203 Å². The maximum atomic E-state index is 13.0. The van der Waals surface area contributed by atoms with Crippen LogP contribution in [0.1, 0.15) is 17.2 Å². The minimum Gasteiger partial charge on any atom is -0.444 e. The van der Waals surface area contributed by atoms with E-state index in [4.69, 9.17) is 16.3 Å². The summed E-state index contributed by atoms with van der Waals surface area (Å²) in [5.74, 6) is -1.71. The van der Waals surface area contributed by atoms with Crippen LogP contribution in [0, 0.1) is 10.1 Å². The third-order valence-corrected chi connectivity index (χ3v) is 5.18. The van der Waals surface area contributed by atoms with Crippen molar-refractivity contribution in [1.82, 2.24) is 9.13 Å². The quantitative estimate of drug-likeness (QED) is 0.228. The van der Waals surface area contributed by atoms with E-state index >= 15 is 0 Å². The number of hydrogen-bond donors (Lipinski definition) is 1. The van der Waals surface area contributed by atoms with Crippen molar-refractivity contribution in [2.24, 2.45) is 14.1 Å². The molecule has 1 aromatic heterocycles. The molecule has 0 radical (unpaired) electrons. The van der Waals surface area contributed by atoms with Crippen molar-refractivity contribution in [3.05, 3.63) is 108 Å². The molecular formula is C23H19ClN4O7. The van der Waals surface area contributed by atoms with Crippen molar-refractivity contribution >= 4 is 40.9 Å². The highest BCUT2D eigenvalue weighted by Crippen LogP contribution is 2.28. The Balaban J connectivity index is 1.85. The summed E-state index contributed by atoms with van der Waals surface area (Å²) in [4.78, 5) is 60.0. The first-order valence-electron chi connectivity index (χ1n) is 10.0. The molecule has 11 nitrogen and oxygen atoms in total. The highest BCUT2D eigenvalue weighted by atomic mass is 35.5. The van der Waals surface area contributed by atoms with Crippen LogP contribution in [0.25, 0.3) is 6.08 Å². The van der Waals surface area contributed by atoms with Gasteiger partial charge in [-0.3, -0.25) is 24.3 Å². The van der Waals surface area contributed by atoms with Crippen LogP contribution in [0.2, 0.25) is 5.02 Å². The van der Waals surface area contributed by atoms with E-state index < -0.39 is 39.8 Å². The second-order valence-electron chi connectivity index (χ2n) is 7.32. The fourth-order valence-corrected chi connectivity index (χ4v) is 3.29. The lowest BCUT2D eigenvalue weighted by atomic mass is 10.1. The zero-order valence-electron chi connectivity index (χ0n) is 18.5. The first-order chi connectivity index (χ1) is 16.6. The fourth-order valence-electron chi connectivity index (χ4n) is 3.10. The first kappa shape index (κ1) is 25.1. The second kappa shape index (κ2) is 10.6. The van der Waals surface area contributed by atoms with Gasteiger partial charge in [-0.2, -0.15) is 0 Å². The lowest BCUT2D eigenvalue weighted by Gasteiger charge is -2.17. The van der Waals surface area contributed by atoms with Crippen LogP contribution in [0.3, 0.4) is 0 Å². The number of aromatic nitrogens is 2. The molecule has 3 rings (SSSR count). The van der Waals surface area contributed by atoms with Crippen LogP contribution < -0.4 is 16.6 Å². The number of esters is 1. The maximum absolute atomic E-state index is 13.0. The zero-order valence-corrected chi connectivity index (χ0v) is 19.3. The number of aryl methyl sites for hydroxylation is 1. The van der Waals surface area contributed by atoms with E-state index in [1.807, 2.05) is 0 Å². The van der Waals surface area contributed by atoms with Crippen molar-refractivity contribution in [2.75, 3.05) is 5.32 Å². The number of carbonyl (C=O) groups is 2. The van der Waals surface area contributed by atoms with Gasteiger partial charge in [0, 0.05) is 43.7 Å². The number of nitro benzene ring substituents is 1. The van der Waals surface area contributed by atoms with Gasteiger partial charge in [0.15, 0.2) is 0 Å². The molecule has 1 N–H and O–H groups in total. The van der Waals surface area contributed by atoms with E-state index in [9.17, 15) is 29.3 Å². The number of benzene rings is 2. The molecule has 180 valence electrons. The largest absolute Gasteiger partial charge is 0.444 e. The Hall–Kier alpha value is -4.51. The van der Waals surface area contributed by atoms with E-state index in [2.05, 4.69) is 5.32 Å². The molecule has 1 heterocycles. The number of nitrogens with zero attached hydrogens (tertiary/aromatic N) is 3. The lowest BCUT2D eigenvalue weighted by molar-refractivity contribution is -0.384. The number of nitrogens with one attached hydrogen (secondary N) is 1. The van der Waals surface area contributed by atoms with E-state index in [1.165, 1.54) is 43.1 Å². The molecule has 0 aliphatic rings. The molecule has 1 unspecified atom stereocenters. The standard InChI is InChI=1S/C23H19ClN4O7/c1-26-13-15(22(31)27(2)23(26)32)8-11-19(29)35-20(14-6-4-3-5-7-14)21(30)25-16-9-10-17(24)18(12-16)28(33)34/h3-13,20H,1-2H3,(H,25,30)/b11-8+. The summed E-state index contributed by atoms with van der Waals surface area (Å²) in [6, 6.07) is 11.8. The van der Waals surface area contributed by atoms with Gasteiger partial charge in [0.05, 0.1) is 10.5 Å². The predicted molar refractivity (Wildman–Crippen MR) is 128 cm³/mol. The number of nitro groups is 1. The summed E-state index contributed by atoms with van der Waals surface area (Å²) in [6.07, 6.45) is 1.99. The van der Waals surface area contributed by atoms with E-state index in [1.54, 1.807) is 30.3 Å². The Morgan fingerprint density at radius 3 is 2.49 bits per heavy atom. The van der Waals surface area contributed by atoms with Crippen molar-refractivity contribution < 1.29 is 19.2 Å². The molecule has 1 atom stereocenters. The number of amides is 1. The zero-order chi connectivity index (χ0) is 25.7. The Kier molecular flexibility index (Phi) is 7.62. The molecule has 35 heavy (non-hydrogen) atoms. The molecule has 2 aromatic carbocycles. The molecule has 0 spiro atoms. The molecule has 3 aromatic rings. The molecule has 0 aliphatic heterocycles. The van der Waals surface area contributed by atoms with Gasteiger partial charge in [-0.25, -0.2) is 9.59 Å². The van der Waals surface area contributed by atoms with Gasteiger partial charge in [0.2, 0.25) is 6.10 Å². The molecule has 0 saturated carbocycles. The number of carbonyl (C=O) groups excluding carboxylic acids is 2. The van der Waals surface area contributed by atoms with Crippen LogP contribution in [0.4, 0.5) is 11.4 Å². The third-order valence-electron chi connectivity index (χ3n) is 4.86. The monoisotopic (exact) mass is 498 g/mol. The molecule has 0 fully saturated rings. The summed E-state index contributed by atoms with van der Waals surface area (Å²) in [5, 5.41) is 13.5. The minimum absolute atomic E-state index is 0.0562. The first-order valence-corrected chi connectivity index (χ1v) is 10.4. The topological polar surface area (TPSA) is 143 Å². The number of anilines is 1. The average molecular weight is 499 g/mol. The molecule has 0 saturated heterocycles. The SMILES string of the molecule is Cn1cc(/C=C/C(=O)OC(C(=O)Nc2ccc(Cl)c([N+](=O)[O-])c2)c2ccccc2)c(=O)n(C)c1=O. The van der Waals surface area contributed by atoms with Crippen LogP contribution in [-0.2, 0) is 28.4 Å². The van der Waals surface area contributed by atoms with Gasteiger partial charge >= 0.3 is 11.7 Å². The van der Waals surface area contributed by atoms with Gasteiger partial charge in [0.25, 0.3) is 17.2 Å². The number of ether oxygens (including phenoxy) is 1. The second-order valence-corrected chi connectivity index (χ2v) is 7.72. The van der Waals surface area contributed by atoms with Crippen LogP contribution in [-0.4, -0.2) is 25.9 Å². The highest BCUT2D eigenvalue weighted by molar-refractivity contribution is 6.32. The fraction of sp³-hybridized carbons (Fsp3) is 0.130. The normalized spacial score (nSPS) is 11.7. The van der Waals surface area contributed by atoms with Crippen molar-refractivity contribution in [1.29, 1.82) is 0 Å². The van der Waals surface area contributed by atoms with Gasteiger partial charge in [0.1, 0.15) is 5.02 Å². The summed E-state index contributed by atoms with van der Waals surface area (Å²) in [7, 11) is 2.76. The summed E-state index contributed by atoms with van der Waals surface area (Å²) in [6.45, 7) is 0. The van der Waals surface area contributed by atoms with Crippen molar-refractivity contribution in [3.63, 3.8) is 0 Å². The van der Waals surface area contributed by atoms with Gasteiger partial charge in [-0.1, -0.05) is 41.9 Å². The van der Waals surface area contributed by atoms with Gasteiger partial charge in [-0.05, 0) is 18.2 Å². The Bertz CT molecular complexity index is 1440. The molecule has 12 heteroatoms. The van der Waals surface area contributed by atoms with Crippen molar-refractivity contribution in [3.8, 4) is 0 Å². The van der Waals surface area contributed by atoms with Crippen LogP contribution >= 0.6 is 11.6 Å². The maximum Gasteiger partial charge on any atom is 0.331 e. The summed E-state index contributed by atoms with van der Waals surface area (Å²) in [5.41, 5.74) is -1.07. The van der Waals surface area contributed by atoms with E-state index in [0.717, 1.165) is 16.7 Å². The number of hydrogen-bond acceptors (Lipinski definition) is 7. The lowest BCUT2D eigenvalue weighted by Crippen LogP contribution is -2.37. The molecular weight excluding hydrogens is 480 g/mol. The Morgan fingerprint density at radius 2 is 1.83 bits per heavy atom. The molecule has 0 aliphatic carbocycles. The van der Waals surface area contributed by atoms with Gasteiger partial charge < -0.3 is 14.6 Å². The Morgan fingerprint density at radius 1 is 1.14 bits per heavy atom. The molecule has 1 amide bonds. The number of halogens is 1. The van der Waals surface area contributed by atoms with Gasteiger partial charge in [-0.15, -0.1) is 0 Å². The molecule has 0 bridgehead atoms.